The van der Waals surface area contributed by atoms with Crippen molar-refractivity contribution in [3.05, 3.63) is 24.3 Å². The summed E-state index contributed by atoms with van der Waals surface area (Å²) in [5.41, 5.74) is 0.415. The summed E-state index contributed by atoms with van der Waals surface area (Å²) in [6.45, 7) is 5.71. The van der Waals surface area contributed by atoms with Gasteiger partial charge in [0.2, 0.25) is 5.91 Å². The van der Waals surface area contributed by atoms with Gasteiger partial charge in [0.25, 0.3) is 0 Å². The number of rotatable bonds is 3. The number of ether oxygens (including phenoxy) is 1. The molecule has 1 amide bonds. The Hall–Kier alpha value is -1.51. The minimum Gasteiger partial charge on any atom is -0.490 e. The number of nitrogens with one attached hydrogen (secondary N) is 1. The van der Waals surface area contributed by atoms with Crippen LogP contribution in [-0.4, -0.2) is 12.0 Å². The molecule has 1 N–H and O–H groups in total. The maximum Gasteiger partial charge on any atom is 0.229 e. The summed E-state index contributed by atoms with van der Waals surface area (Å²) in [4.78, 5) is 11.9. The van der Waals surface area contributed by atoms with Gasteiger partial charge >= 0.3 is 0 Å². The highest BCUT2D eigenvalue weighted by molar-refractivity contribution is 5.94. The third kappa shape index (κ3) is 3.98. The molecule has 0 saturated heterocycles. The van der Waals surface area contributed by atoms with Crippen LogP contribution in [0.1, 0.15) is 46.5 Å². The summed E-state index contributed by atoms with van der Waals surface area (Å²) >= 11 is 0. The molecule has 19 heavy (non-hydrogen) atoms. The molecule has 0 radical (unpaired) electrons. The van der Waals surface area contributed by atoms with Gasteiger partial charge in [-0.25, -0.2) is 0 Å². The van der Waals surface area contributed by atoms with Crippen LogP contribution in [-0.2, 0) is 4.79 Å². The first-order chi connectivity index (χ1) is 8.95. The van der Waals surface area contributed by atoms with Crippen molar-refractivity contribution in [2.24, 2.45) is 5.41 Å². The number of carbonyl (C=O) groups is 1. The zero-order valence-electron chi connectivity index (χ0n) is 12.0. The number of hydrogen-bond donors (Lipinski definition) is 1. The van der Waals surface area contributed by atoms with Gasteiger partial charge < -0.3 is 10.1 Å². The van der Waals surface area contributed by atoms with Gasteiger partial charge in [0.05, 0.1) is 6.10 Å². The third-order valence-electron chi connectivity index (χ3n) is 3.38. The molecule has 0 aromatic heterocycles. The van der Waals surface area contributed by atoms with Crippen LogP contribution in [0.3, 0.4) is 0 Å². The molecule has 1 fully saturated rings. The lowest BCUT2D eigenvalue weighted by Crippen LogP contribution is -2.27. The highest BCUT2D eigenvalue weighted by Crippen LogP contribution is 2.26. The second-order valence-corrected chi connectivity index (χ2v) is 6.26. The van der Waals surface area contributed by atoms with Crippen LogP contribution in [0.2, 0.25) is 0 Å². The van der Waals surface area contributed by atoms with Gasteiger partial charge in [-0.2, -0.15) is 0 Å². The molecule has 3 nitrogen and oxygen atoms in total. The topological polar surface area (TPSA) is 38.3 Å². The van der Waals surface area contributed by atoms with Crippen LogP contribution in [0.5, 0.6) is 5.75 Å². The molecule has 1 saturated carbocycles. The maximum absolute atomic E-state index is 11.9. The summed E-state index contributed by atoms with van der Waals surface area (Å²) in [5, 5.41) is 2.93. The van der Waals surface area contributed by atoms with Crippen molar-refractivity contribution in [3.63, 3.8) is 0 Å². The minimum absolute atomic E-state index is 0.0190. The van der Waals surface area contributed by atoms with E-state index in [1.807, 2.05) is 45.0 Å². The average Bonchev–Trinajstić information content (AvgIpc) is 2.81. The van der Waals surface area contributed by atoms with E-state index in [0.29, 0.717) is 6.10 Å². The molecule has 0 heterocycles. The van der Waals surface area contributed by atoms with Crippen molar-refractivity contribution >= 4 is 11.6 Å². The molecule has 0 unspecified atom stereocenters. The maximum atomic E-state index is 11.9. The average molecular weight is 261 g/mol. The molecule has 0 atom stereocenters. The Morgan fingerprint density at radius 1 is 1.26 bits per heavy atom. The second kappa shape index (κ2) is 5.64. The van der Waals surface area contributed by atoms with Crippen LogP contribution < -0.4 is 10.1 Å². The number of benzene rings is 1. The molecule has 0 spiro atoms. The zero-order valence-corrected chi connectivity index (χ0v) is 12.0. The Morgan fingerprint density at radius 2 is 1.95 bits per heavy atom. The number of amides is 1. The van der Waals surface area contributed by atoms with Crippen LogP contribution in [0.25, 0.3) is 0 Å². The molecule has 1 aromatic rings. The van der Waals surface area contributed by atoms with E-state index in [1.165, 1.54) is 12.8 Å². The largest absolute Gasteiger partial charge is 0.490 e. The fourth-order valence-corrected chi connectivity index (χ4v) is 2.16. The summed E-state index contributed by atoms with van der Waals surface area (Å²) in [5.74, 6) is 0.865. The van der Waals surface area contributed by atoms with E-state index < -0.39 is 0 Å². The highest BCUT2D eigenvalue weighted by atomic mass is 16.5. The Morgan fingerprint density at radius 3 is 2.58 bits per heavy atom. The standard InChI is InChI=1S/C16H23NO2/c1-16(2,3)15(18)17-12-7-6-10-14(11-12)19-13-8-4-5-9-13/h6-7,10-11,13H,4-5,8-9H2,1-3H3,(H,17,18). The van der Waals surface area contributed by atoms with Gasteiger partial charge in [-0.05, 0) is 37.8 Å². The highest BCUT2D eigenvalue weighted by Gasteiger charge is 2.21. The summed E-state index contributed by atoms with van der Waals surface area (Å²) < 4.78 is 5.93. The van der Waals surface area contributed by atoms with Crippen molar-refractivity contribution in [3.8, 4) is 5.75 Å². The number of anilines is 1. The van der Waals surface area contributed by atoms with E-state index in [4.69, 9.17) is 4.74 Å². The molecule has 1 aromatic carbocycles. The first-order valence-corrected chi connectivity index (χ1v) is 7.03. The molecule has 2 rings (SSSR count). The van der Waals surface area contributed by atoms with Crippen molar-refractivity contribution in [2.75, 3.05) is 5.32 Å². The molecular formula is C16H23NO2. The Labute approximate surface area is 115 Å². The van der Waals surface area contributed by atoms with Gasteiger partial charge in [-0.3, -0.25) is 4.79 Å². The van der Waals surface area contributed by atoms with E-state index in [2.05, 4.69) is 5.32 Å². The van der Waals surface area contributed by atoms with Gasteiger partial charge in [-0.1, -0.05) is 26.8 Å². The predicted octanol–water partition coefficient (Wildman–Crippen LogP) is 3.99. The van der Waals surface area contributed by atoms with E-state index in [1.54, 1.807) is 0 Å². The van der Waals surface area contributed by atoms with E-state index >= 15 is 0 Å². The lowest BCUT2D eigenvalue weighted by Gasteiger charge is -2.18. The smallest absolute Gasteiger partial charge is 0.229 e. The number of carbonyl (C=O) groups excluding carboxylic acids is 1. The molecule has 0 aliphatic heterocycles. The Balaban J connectivity index is 2.00. The third-order valence-corrected chi connectivity index (χ3v) is 3.38. The molecule has 0 bridgehead atoms. The van der Waals surface area contributed by atoms with Crippen molar-refractivity contribution in [1.82, 2.24) is 0 Å². The Kier molecular flexibility index (Phi) is 4.13. The van der Waals surface area contributed by atoms with Crippen LogP contribution in [0.15, 0.2) is 24.3 Å². The van der Waals surface area contributed by atoms with Gasteiger partial charge in [0, 0.05) is 17.2 Å². The lowest BCUT2D eigenvalue weighted by atomic mass is 9.95. The fourth-order valence-electron chi connectivity index (χ4n) is 2.16. The van der Waals surface area contributed by atoms with Crippen LogP contribution >= 0.6 is 0 Å². The normalized spacial score (nSPS) is 16.4. The van der Waals surface area contributed by atoms with Crippen LogP contribution in [0, 0.1) is 5.41 Å². The van der Waals surface area contributed by atoms with E-state index in [9.17, 15) is 4.79 Å². The van der Waals surface area contributed by atoms with E-state index in [0.717, 1.165) is 24.3 Å². The monoisotopic (exact) mass is 261 g/mol. The molecule has 3 heteroatoms. The first-order valence-electron chi connectivity index (χ1n) is 7.03. The Bertz CT molecular complexity index is 442. The summed E-state index contributed by atoms with van der Waals surface area (Å²) in [6, 6.07) is 7.67. The SMILES string of the molecule is CC(C)(C)C(=O)Nc1cccc(OC2CCCC2)c1. The molecular weight excluding hydrogens is 238 g/mol. The molecule has 1 aliphatic carbocycles. The molecule has 1 aliphatic rings. The number of hydrogen-bond acceptors (Lipinski definition) is 2. The van der Waals surface area contributed by atoms with Gasteiger partial charge in [0.1, 0.15) is 5.75 Å². The lowest BCUT2D eigenvalue weighted by molar-refractivity contribution is -0.123. The second-order valence-electron chi connectivity index (χ2n) is 6.26. The van der Waals surface area contributed by atoms with E-state index in [-0.39, 0.29) is 11.3 Å². The summed E-state index contributed by atoms with van der Waals surface area (Å²) in [7, 11) is 0. The van der Waals surface area contributed by atoms with Gasteiger partial charge in [0.15, 0.2) is 0 Å². The summed E-state index contributed by atoms with van der Waals surface area (Å²) in [6.07, 6.45) is 5.13. The zero-order chi connectivity index (χ0) is 13.9. The van der Waals surface area contributed by atoms with Gasteiger partial charge in [-0.15, -0.1) is 0 Å². The minimum atomic E-state index is -0.387. The van der Waals surface area contributed by atoms with Crippen LogP contribution in [0.4, 0.5) is 5.69 Å². The van der Waals surface area contributed by atoms with Crippen molar-refractivity contribution in [1.29, 1.82) is 0 Å². The van der Waals surface area contributed by atoms with Crippen molar-refractivity contribution in [2.45, 2.75) is 52.6 Å². The van der Waals surface area contributed by atoms with Crippen molar-refractivity contribution < 1.29 is 9.53 Å². The predicted molar refractivity (Wildman–Crippen MR) is 77.4 cm³/mol. The first kappa shape index (κ1) is 13.9. The molecule has 104 valence electrons. The quantitative estimate of drug-likeness (QED) is 0.893. The fraction of sp³-hybridized carbons (Fsp3) is 0.562.